The topological polar surface area (TPSA) is 77.8 Å². The van der Waals surface area contributed by atoms with E-state index in [0.29, 0.717) is 25.0 Å². The first-order chi connectivity index (χ1) is 10.4. The number of benzene rings is 1. The summed E-state index contributed by atoms with van der Waals surface area (Å²) < 4.78 is 12.2. The summed E-state index contributed by atoms with van der Waals surface area (Å²) in [4.78, 5) is 8.39. The monoisotopic (exact) mass is 285 g/mol. The molecule has 0 aliphatic heterocycles. The maximum Gasteiger partial charge on any atom is 0.254 e. The Balaban J connectivity index is 1.72. The van der Waals surface area contributed by atoms with Crippen LogP contribution in [0, 0.1) is 0 Å². The molecule has 3 rings (SSSR count). The highest BCUT2D eigenvalue weighted by molar-refractivity contribution is 5.56. The first kappa shape index (κ1) is 13.3. The molecule has 0 amide bonds. The summed E-state index contributed by atoms with van der Waals surface area (Å²) in [7, 11) is 1.65. The summed E-state index contributed by atoms with van der Waals surface area (Å²) in [6.07, 6.45) is 5.13. The van der Waals surface area contributed by atoms with Gasteiger partial charge in [0.25, 0.3) is 5.95 Å². The van der Waals surface area contributed by atoms with Gasteiger partial charge in [0.1, 0.15) is 18.7 Å². The maximum absolute atomic E-state index is 5.52. The molecule has 0 atom stereocenters. The molecule has 0 aliphatic rings. The molecule has 0 bridgehead atoms. The van der Waals surface area contributed by atoms with Gasteiger partial charge in [-0.2, -0.15) is 4.98 Å². The van der Waals surface area contributed by atoms with Gasteiger partial charge in [-0.3, -0.25) is 9.67 Å². The molecular formula is C14H15N5O2. The molecule has 7 heteroatoms. The lowest BCUT2D eigenvalue weighted by Crippen LogP contribution is -2.03. The fourth-order valence-electron chi connectivity index (χ4n) is 1.83. The van der Waals surface area contributed by atoms with Gasteiger partial charge in [-0.15, -0.1) is 5.10 Å². The molecule has 0 spiro atoms. The molecule has 108 valence electrons. The van der Waals surface area contributed by atoms with E-state index in [-0.39, 0.29) is 0 Å². The van der Waals surface area contributed by atoms with Crippen LogP contribution in [0.4, 0.5) is 0 Å². The van der Waals surface area contributed by atoms with Gasteiger partial charge in [-0.25, -0.2) is 4.98 Å². The van der Waals surface area contributed by atoms with E-state index in [9.17, 15) is 0 Å². The van der Waals surface area contributed by atoms with Crippen molar-refractivity contribution in [3.8, 4) is 23.1 Å². The van der Waals surface area contributed by atoms with Crippen LogP contribution in [0.15, 0.2) is 43.0 Å². The molecule has 0 saturated carbocycles. The van der Waals surface area contributed by atoms with Gasteiger partial charge in [0.15, 0.2) is 5.82 Å². The lowest BCUT2D eigenvalue weighted by Gasteiger charge is -2.05. The van der Waals surface area contributed by atoms with E-state index < -0.39 is 0 Å². The van der Waals surface area contributed by atoms with Crippen LogP contribution >= 0.6 is 0 Å². The minimum Gasteiger partial charge on any atom is -0.491 e. The molecule has 0 unspecified atom stereocenters. The molecule has 1 aromatic carbocycles. The Kier molecular flexibility index (Phi) is 3.92. The van der Waals surface area contributed by atoms with Gasteiger partial charge in [-0.1, -0.05) is 0 Å². The van der Waals surface area contributed by atoms with Crippen LogP contribution in [0.25, 0.3) is 17.3 Å². The fourth-order valence-corrected chi connectivity index (χ4v) is 1.83. The Bertz CT molecular complexity index is 676. The number of hydrogen-bond acceptors (Lipinski definition) is 5. The third-order valence-corrected chi connectivity index (χ3v) is 2.89. The Morgan fingerprint density at radius 3 is 2.76 bits per heavy atom. The van der Waals surface area contributed by atoms with E-state index in [4.69, 9.17) is 9.47 Å². The second-order valence-electron chi connectivity index (χ2n) is 4.32. The normalized spacial score (nSPS) is 10.7. The lowest BCUT2D eigenvalue weighted by molar-refractivity contribution is 0.146. The van der Waals surface area contributed by atoms with Crippen molar-refractivity contribution in [2.75, 3.05) is 20.3 Å². The number of ether oxygens (including phenoxy) is 2. The van der Waals surface area contributed by atoms with Gasteiger partial charge < -0.3 is 9.47 Å². The average molecular weight is 285 g/mol. The number of methoxy groups -OCH3 is 1. The van der Waals surface area contributed by atoms with E-state index in [1.54, 1.807) is 30.4 Å². The minimum absolute atomic E-state index is 0.531. The zero-order chi connectivity index (χ0) is 14.5. The fraction of sp³-hybridized carbons (Fsp3) is 0.214. The Morgan fingerprint density at radius 2 is 2.05 bits per heavy atom. The molecule has 1 N–H and O–H groups in total. The minimum atomic E-state index is 0.531. The van der Waals surface area contributed by atoms with Crippen LogP contribution in [0.2, 0.25) is 0 Å². The van der Waals surface area contributed by atoms with Crippen LogP contribution in [0.1, 0.15) is 0 Å². The number of nitrogens with zero attached hydrogens (tertiary/aromatic N) is 4. The molecule has 0 aliphatic carbocycles. The number of rotatable bonds is 6. The van der Waals surface area contributed by atoms with E-state index in [0.717, 1.165) is 11.3 Å². The van der Waals surface area contributed by atoms with Gasteiger partial charge in [0.2, 0.25) is 0 Å². The van der Waals surface area contributed by atoms with Crippen molar-refractivity contribution in [2.45, 2.75) is 0 Å². The summed E-state index contributed by atoms with van der Waals surface area (Å²) in [5.41, 5.74) is 0.938. The Hall–Kier alpha value is -2.67. The van der Waals surface area contributed by atoms with Crippen LogP contribution < -0.4 is 4.74 Å². The number of aromatic nitrogens is 5. The number of nitrogens with one attached hydrogen (secondary N) is 1. The Labute approximate surface area is 121 Å². The van der Waals surface area contributed by atoms with Crippen molar-refractivity contribution < 1.29 is 9.47 Å². The first-order valence-corrected chi connectivity index (χ1v) is 6.50. The van der Waals surface area contributed by atoms with Gasteiger partial charge >= 0.3 is 0 Å². The largest absolute Gasteiger partial charge is 0.491 e. The molecule has 7 nitrogen and oxygen atoms in total. The SMILES string of the molecule is COCCOc1ccc(-c2nc(-n3ccnc3)n[nH]2)cc1. The molecule has 2 heterocycles. The predicted octanol–water partition coefficient (Wildman–Crippen LogP) is 1.68. The van der Waals surface area contributed by atoms with Gasteiger partial charge in [0.05, 0.1) is 6.61 Å². The number of imidazole rings is 1. The van der Waals surface area contributed by atoms with Crippen molar-refractivity contribution in [2.24, 2.45) is 0 Å². The third-order valence-electron chi connectivity index (χ3n) is 2.89. The van der Waals surface area contributed by atoms with Crippen LogP contribution in [-0.4, -0.2) is 45.1 Å². The molecular weight excluding hydrogens is 270 g/mol. The summed E-state index contributed by atoms with van der Waals surface area (Å²) in [5, 5.41) is 7.07. The van der Waals surface area contributed by atoms with Crippen LogP contribution in [-0.2, 0) is 4.74 Å². The molecule has 0 radical (unpaired) electrons. The Morgan fingerprint density at radius 1 is 1.19 bits per heavy atom. The zero-order valence-electron chi connectivity index (χ0n) is 11.6. The summed E-state index contributed by atoms with van der Waals surface area (Å²) in [6, 6.07) is 7.65. The highest BCUT2D eigenvalue weighted by Gasteiger charge is 2.07. The molecule has 0 saturated heterocycles. The standard InChI is InChI=1S/C14H15N5O2/c1-20-8-9-21-12-4-2-11(3-5-12)13-16-14(18-17-13)19-7-6-15-10-19/h2-7,10H,8-9H2,1H3,(H,16,17,18). The lowest BCUT2D eigenvalue weighted by atomic mass is 10.2. The highest BCUT2D eigenvalue weighted by atomic mass is 16.5. The summed E-state index contributed by atoms with van der Waals surface area (Å²) in [5.74, 6) is 2.05. The van der Waals surface area contributed by atoms with Crippen LogP contribution in [0.5, 0.6) is 5.75 Å². The smallest absolute Gasteiger partial charge is 0.254 e. The van der Waals surface area contributed by atoms with E-state index in [1.165, 1.54) is 0 Å². The van der Waals surface area contributed by atoms with Crippen molar-refractivity contribution >= 4 is 0 Å². The summed E-state index contributed by atoms with van der Waals surface area (Å²) >= 11 is 0. The number of H-pyrrole nitrogens is 1. The van der Waals surface area contributed by atoms with Crippen molar-refractivity contribution in [1.82, 2.24) is 24.7 Å². The van der Waals surface area contributed by atoms with Crippen molar-refractivity contribution in [3.05, 3.63) is 43.0 Å². The average Bonchev–Trinajstić information content (AvgIpc) is 3.19. The van der Waals surface area contributed by atoms with Gasteiger partial charge in [-0.05, 0) is 24.3 Å². The third kappa shape index (κ3) is 3.09. The number of aromatic amines is 1. The zero-order valence-corrected chi connectivity index (χ0v) is 11.6. The second kappa shape index (κ2) is 6.19. The maximum atomic E-state index is 5.52. The summed E-state index contributed by atoms with van der Waals surface area (Å²) in [6.45, 7) is 1.10. The van der Waals surface area contributed by atoms with Crippen molar-refractivity contribution in [1.29, 1.82) is 0 Å². The molecule has 21 heavy (non-hydrogen) atoms. The quantitative estimate of drug-likeness (QED) is 0.697. The highest BCUT2D eigenvalue weighted by Crippen LogP contribution is 2.19. The predicted molar refractivity (Wildman–Crippen MR) is 76.3 cm³/mol. The van der Waals surface area contributed by atoms with E-state index >= 15 is 0 Å². The molecule has 2 aromatic heterocycles. The number of hydrogen-bond donors (Lipinski definition) is 1. The van der Waals surface area contributed by atoms with Crippen molar-refractivity contribution in [3.63, 3.8) is 0 Å². The van der Waals surface area contributed by atoms with E-state index in [1.807, 2.05) is 24.3 Å². The second-order valence-corrected chi connectivity index (χ2v) is 4.32. The van der Waals surface area contributed by atoms with Gasteiger partial charge in [0, 0.05) is 25.1 Å². The molecule has 0 fully saturated rings. The van der Waals surface area contributed by atoms with E-state index in [2.05, 4.69) is 20.2 Å². The molecule has 3 aromatic rings. The van der Waals surface area contributed by atoms with Crippen LogP contribution in [0.3, 0.4) is 0 Å². The first-order valence-electron chi connectivity index (χ1n) is 6.50.